The summed E-state index contributed by atoms with van der Waals surface area (Å²) in [5.74, 6) is 0. The molecule has 0 aromatic heterocycles. The van der Waals surface area contributed by atoms with Crippen LogP contribution in [0.4, 0.5) is 0 Å². The first-order valence-corrected chi connectivity index (χ1v) is 5.94. The highest BCUT2D eigenvalue weighted by Crippen LogP contribution is 2.14. The maximum absolute atomic E-state index is 9.44. The molecule has 17 heavy (non-hydrogen) atoms. The topological polar surface area (TPSA) is 69.7 Å². The molecule has 0 spiro atoms. The van der Waals surface area contributed by atoms with E-state index in [9.17, 15) is 10.2 Å². The van der Waals surface area contributed by atoms with E-state index in [1.165, 1.54) is 0 Å². The van der Waals surface area contributed by atoms with E-state index in [-0.39, 0.29) is 0 Å². The van der Waals surface area contributed by atoms with Gasteiger partial charge in [-0.05, 0) is 5.56 Å². The molecule has 0 bridgehead atoms. The lowest BCUT2D eigenvalue weighted by atomic mass is 10.1. The van der Waals surface area contributed by atoms with Gasteiger partial charge in [0, 0.05) is 25.2 Å². The summed E-state index contributed by atoms with van der Waals surface area (Å²) >= 11 is 4.88. The van der Waals surface area contributed by atoms with Crippen LogP contribution in [0, 0.1) is 0 Å². The molecule has 0 saturated carbocycles. The van der Waals surface area contributed by atoms with Gasteiger partial charge in [-0.25, -0.2) is 0 Å². The van der Waals surface area contributed by atoms with Gasteiger partial charge in [-0.3, -0.25) is 4.90 Å². The zero-order valence-electron chi connectivity index (χ0n) is 9.41. The summed E-state index contributed by atoms with van der Waals surface area (Å²) in [7, 11) is 0. The van der Waals surface area contributed by atoms with E-state index in [1.54, 1.807) is 0 Å². The second-order valence-corrected chi connectivity index (χ2v) is 4.83. The van der Waals surface area contributed by atoms with Crippen molar-refractivity contribution in [1.82, 2.24) is 4.90 Å². The zero-order valence-corrected chi connectivity index (χ0v) is 10.2. The van der Waals surface area contributed by atoms with E-state index in [0.717, 1.165) is 11.1 Å². The van der Waals surface area contributed by atoms with Crippen LogP contribution in [0.25, 0.3) is 0 Å². The Morgan fingerprint density at radius 3 is 2.24 bits per heavy atom. The summed E-state index contributed by atoms with van der Waals surface area (Å²) in [4.78, 5) is 2.41. The standard InChI is InChI=1S/C12H16N2O2S/c13-12(17)9-3-1-8(2-4-9)5-14-6-10(15)11(16)7-14/h1-4,10-11,15-16H,5-7H2,(H2,13,17). The van der Waals surface area contributed by atoms with Gasteiger partial charge in [0.1, 0.15) is 4.99 Å². The third-order valence-corrected chi connectivity index (χ3v) is 3.22. The third-order valence-electron chi connectivity index (χ3n) is 2.98. The van der Waals surface area contributed by atoms with Crippen molar-refractivity contribution in [2.45, 2.75) is 18.8 Å². The number of thiocarbonyl (C=S) groups is 1. The Morgan fingerprint density at radius 1 is 1.24 bits per heavy atom. The van der Waals surface area contributed by atoms with Gasteiger partial charge in [0.15, 0.2) is 0 Å². The van der Waals surface area contributed by atoms with Crippen molar-refractivity contribution in [1.29, 1.82) is 0 Å². The second kappa shape index (κ2) is 5.10. The first-order chi connectivity index (χ1) is 8.06. The van der Waals surface area contributed by atoms with Crippen LogP contribution in [-0.4, -0.2) is 45.4 Å². The predicted octanol–water partition coefficient (Wildman–Crippen LogP) is -0.142. The summed E-state index contributed by atoms with van der Waals surface area (Å²) in [5, 5.41) is 18.9. The molecule has 1 aromatic carbocycles. The fourth-order valence-corrected chi connectivity index (χ4v) is 2.14. The van der Waals surface area contributed by atoms with Gasteiger partial charge in [0.25, 0.3) is 0 Å². The van der Waals surface area contributed by atoms with Crippen LogP contribution >= 0.6 is 12.2 Å². The van der Waals surface area contributed by atoms with Gasteiger partial charge in [0.05, 0.1) is 12.2 Å². The molecule has 2 unspecified atom stereocenters. The number of benzene rings is 1. The third kappa shape index (κ3) is 3.01. The number of likely N-dealkylation sites (tertiary alicyclic amines) is 1. The fourth-order valence-electron chi connectivity index (χ4n) is 2.01. The van der Waals surface area contributed by atoms with Crippen LogP contribution in [0.15, 0.2) is 24.3 Å². The lowest BCUT2D eigenvalue weighted by molar-refractivity contribution is 0.0572. The van der Waals surface area contributed by atoms with E-state index in [1.807, 2.05) is 29.2 Å². The summed E-state index contributed by atoms with van der Waals surface area (Å²) in [6.07, 6.45) is -1.27. The number of nitrogens with two attached hydrogens (primary N) is 1. The van der Waals surface area contributed by atoms with Crippen LogP contribution in [0.3, 0.4) is 0 Å². The van der Waals surface area contributed by atoms with E-state index >= 15 is 0 Å². The number of hydrogen-bond donors (Lipinski definition) is 3. The monoisotopic (exact) mass is 252 g/mol. The van der Waals surface area contributed by atoms with Crippen LogP contribution < -0.4 is 5.73 Å². The quantitative estimate of drug-likeness (QED) is 0.653. The Bertz CT molecular complexity index is 397. The molecule has 4 N–H and O–H groups in total. The molecule has 1 aliphatic heterocycles. The van der Waals surface area contributed by atoms with Crippen molar-refractivity contribution in [3.63, 3.8) is 0 Å². The van der Waals surface area contributed by atoms with E-state index < -0.39 is 12.2 Å². The lowest BCUT2D eigenvalue weighted by Gasteiger charge is -2.14. The average molecular weight is 252 g/mol. The van der Waals surface area contributed by atoms with E-state index in [0.29, 0.717) is 24.6 Å². The SMILES string of the molecule is NC(=S)c1ccc(CN2CC(O)C(O)C2)cc1. The predicted molar refractivity (Wildman–Crippen MR) is 69.6 cm³/mol. The maximum Gasteiger partial charge on any atom is 0.103 e. The molecule has 1 fully saturated rings. The Morgan fingerprint density at radius 2 is 1.76 bits per heavy atom. The van der Waals surface area contributed by atoms with Gasteiger partial charge in [-0.2, -0.15) is 0 Å². The Labute approximate surface area is 106 Å². The lowest BCUT2D eigenvalue weighted by Crippen LogP contribution is -2.22. The van der Waals surface area contributed by atoms with Crippen LogP contribution in [-0.2, 0) is 6.54 Å². The second-order valence-electron chi connectivity index (χ2n) is 4.39. The van der Waals surface area contributed by atoms with Crippen molar-refractivity contribution in [3.05, 3.63) is 35.4 Å². The Balaban J connectivity index is 1.98. The van der Waals surface area contributed by atoms with Gasteiger partial charge in [0.2, 0.25) is 0 Å². The molecule has 1 aromatic rings. The number of β-amino-alcohol motifs (C(OH)–C–C–N with tert-alkyl or cyclic N) is 2. The molecule has 92 valence electrons. The highest BCUT2D eigenvalue weighted by Gasteiger charge is 2.29. The van der Waals surface area contributed by atoms with Crippen molar-refractivity contribution in [3.8, 4) is 0 Å². The van der Waals surface area contributed by atoms with Gasteiger partial charge in [-0.1, -0.05) is 36.5 Å². The maximum atomic E-state index is 9.44. The molecule has 0 radical (unpaired) electrons. The minimum Gasteiger partial charge on any atom is -0.389 e. The molecule has 5 heteroatoms. The molecule has 1 aliphatic rings. The zero-order chi connectivity index (χ0) is 12.4. The van der Waals surface area contributed by atoms with Crippen LogP contribution in [0.5, 0.6) is 0 Å². The molecule has 0 aliphatic carbocycles. The molecule has 2 atom stereocenters. The molecule has 4 nitrogen and oxygen atoms in total. The van der Waals surface area contributed by atoms with Crippen LogP contribution in [0.1, 0.15) is 11.1 Å². The minimum atomic E-state index is -0.633. The number of nitrogens with zero attached hydrogens (tertiary/aromatic N) is 1. The van der Waals surface area contributed by atoms with Crippen molar-refractivity contribution >= 4 is 17.2 Å². The van der Waals surface area contributed by atoms with Gasteiger partial charge in [-0.15, -0.1) is 0 Å². The summed E-state index contributed by atoms with van der Waals surface area (Å²) in [5.41, 5.74) is 7.49. The summed E-state index contributed by atoms with van der Waals surface area (Å²) in [6.45, 7) is 1.74. The molecular formula is C12H16N2O2S. The Kier molecular flexibility index (Phi) is 3.73. The highest BCUT2D eigenvalue weighted by molar-refractivity contribution is 7.80. The number of aliphatic hydroxyl groups excluding tert-OH is 2. The Hall–Kier alpha value is -1.01. The minimum absolute atomic E-state index is 0.392. The summed E-state index contributed by atoms with van der Waals surface area (Å²) < 4.78 is 0. The summed E-state index contributed by atoms with van der Waals surface area (Å²) in [6, 6.07) is 7.71. The molecule has 2 rings (SSSR count). The average Bonchev–Trinajstić information content (AvgIpc) is 2.58. The van der Waals surface area contributed by atoms with Crippen molar-refractivity contribution < 1.29 is 10.2 Å². The molecule has 1 heterocycles. The normalized spacial score (nSPS) is 25.1. The first kappa shape index (κ1) is 12.4. The van der Waals surface area contributed by atoms with E-state index in [2.05, 4.69) is 0 Å². The van der Waals surface area contributed by atoms with Crippen LogP contribution in [0.2, 0.25) is 0 Å². The molecule has 0 amide bonds. The molecular weight excluding hydrogens is 236 g/mol. The smallest absolute Gasteiger partial charge is 0.103 e. The fraction of sp³-hybridized carbons (Fsp3) is 0.417. The highest BCUT2D eigenvalue weighted by atomic mass is 32.1. The molecule has 1 saturated heterocycles. The van der Waals surface area contributed by atoms with Crippen molar-refractivity contribution in [2.75, 3.05) is 13.1 Å². The van der Waals surface area contributed by atoms with Gasteiger partial charge < -0.3 is 15.9 Å². The largest absolute Gasteiger partial charge is 0.389 e. The number of aliphatic hydroxyl groups is 2. The first-order valence-electron chi connectivity index (χ1n) is 5.53. The number of hydrogen-bond acceptors (Lipinski definition) is 4. The van der Waals surface area contributed by atoms with Gasteiger partial charge >= 0.3 is 0 Å². The van der Waals surface area contributed by atoms with Crippen molar-refractivity contribution in [2.24, 2.45) is 5.73 Å². The number of rotatable bonds is 3. The van der Waals surface area contributed by atoms with E-state index in [4.69, 9.17) is 18.0 Å².